The fraction of sp³-hybridized carbons (Fsp3) is 0.300. The molecule has 154 valence electrons. The van der Waals surface area contributed by atoms with Crippen LogP contribution in [0, 0.1) is 0 Å². The van der Waals surface area contributed by atoms with Gasteiger partial charge in [-0.2, -0.15) is 5.10 Å². The zero-order valence-corrected chi connectivity index (χ0v) is 17.1. The van der Waals surface area contributed by atoms with Gasteiger partial charge in [0.2, 0.25) is 0 Å². The van der Waals surface area contributed by atoms with Crippen molar-refractivity contribution in [1.82, 2.24) is 34.7 Å². The number of hydrazine groups is 2. The molecule has 5 rings (SSSR count). The van der Waals surface area contributed by atoms with Crippen LogP contribution in [0.3, 0.4) is 0 Å². The van der Waals surface area contributed by atoms with Gasteiger partial charge in [0.25, 0.3) is 0 Å². The Morgan fingerprint density at radius 3 is 2.80 bits per heavy atom. The Hall–Kier alpha value is -3.50. The van der Waals surface area contributed by atoms with Crippen LogP contribution in [-0.2, 0) is 24.9 Å². The van der Waals surface area contributed by atoms with Gasteiger partial charge >= 0.3 is 0 Å². The number of aryl methyl sites for hydroxylation is 1. The molecule has 0 saturated heterocycles. The predicted molar refractivity (Wildman–Crippen MR) is 112 cm³/mol. The number of aromatic nitrogens is 6. The van der Waals surface area contributed by atoms with Crippen molar-refractivity contribution >= 4 is 17.3 Å². The fourth-order valence-electron chi connectivity index (χ4n) is 3.35. The maximum Gasteiger partial charge on any atom is 0.190 e. The highest BCUT2D eigenvalue weighted by Gasteiger charge is 2.23. The first kappa shape index (κ1) is 18.5. The average Bonchev–Trinajstić information content (AvgIpc) is 3.45. The molecule has 0 bridgehead atoms. The summed E-state index contributed by atoms with van der Waals surface area (Å²) >= 11 is 0. The van der Waals surface area contributed by atoms with Gasteiger partial charge in [-0.1, -0.05) is 6.07 Å². The van der Waals surface area contributed by atoms with E-state index in [9.17, 15) is 0 Å². The first-order valence-corrected chi connectivity index (χ1v) is 9.78. The topological polar surface area (TPSA) is 97.4 Å². The largest absolute Gasteiger partial charge is 0.373 e. The quantitative estimate of drug-likeness (QED) is 0.504. The van der Waals surface area contributed by atoms with Gasteiger partial charge in [-0.25, -0.2) is 15.0 Å². The van der Waals surface area contributed by atoms with E-state index < -0.39 is 0 Å². The summed E-state index contributed by atoms with van der Waals surface area (Å²) < 4.78 is 9.57. The van der Waals surface area contributed by atoms with Crippen molar-refractivity contribution in [2.24, 2.45) is 7.05 Å². The van der Waals surface area contributed by atoms with E-state index in [0.29, 0.717) is 19.0 Å². The van der Waals surface area contributed by atoms with Crippen LogP contribution in [0.4, 0.5) is 11.6 Å². The van der Waals surface area contributed by atoms with E-state index in [-0.39, 0.29) is 6.10 Å². The predicted octanol–water partition coefficient (Wildman–Crippen LogP) is 2.30. The highest BCUT2D eigenvalue weighted by molar-refractivity contribution is 5.69. The van der Waals surface area contributed by atoms with Crippen LogP contribution < -0.4 is 16.0 Å². The van der Waals surface area contributed by atoms with Crippen molar-refractivity contribution in [3.8, 4) is 11.3 Å². The Balaban J connectivity index is 1.41. The molecule has 0 atom stereocenters. The minimum absolute atomic E-state index is 0.169. The van der Waals surface area contributed by atoms with E-state index in [1.807, 2.05) is 44.4 Å². The minimum Gasteiger partial charge on any atom is -0.373 e. The summed E-state index contributed by atoms with van der Waals surface area (Å²) in [6.07, 6.45) is 9.56. The molecule has 0 amide bonds. The molecule has 0 fully saturated rings. The summed E-state index contributed by atoms with van der Waals surface area (Å²) in [5.74, 6) is 1.43. The fourth-order valence-corrected chi connectivity index (χ4v) is 3.35. The first-order chi connectivity index (χ1) is 14.6. The van der Waals surface area contributed by atoms with Crippen molar-refractivity contribution in [1.29, 1.82) is 0 Å². The van der Waals surface area contributed by atoms with Crippen LogP contribution in [0.1, 0.15) is 25.1 Å². The Bertz CT molecular complexity index is 1200. The van der Waals surface area contributed by atoms with E-state index in [0.717, 1.165) is 34.0 Å². The third kappa shape index (κ3) is 3.46. The van der Waals surface area contributed by atoms with Crippen molar-refractivity contribution in [2.75, 3.05) is 10.4 Å². The zero-order chi connectivity index (χ0) is 20.7. The molecule has 1 aliphatic heterocycles. The Labute approximate surface area is 173 Å². The standard InChI is InChI=1S/C20H23N9O/c1-13(2)30-12-16-7-21-18-5-4-14(9-28(16)18)10-29-20-19(25-26-29)22-8-17(24-20)15-6-23-27(3)11-15/h4-9,11,13,26H,10,12H2,1-3H3,(H,22,25). The van der Waals surface area contributed by atoms with Crippen molar-refractivity contribution in [2.45, 2.75) is 33.1 Å². The van der Waals surface area contributed by atoms with Crippen LogP contribution in [0.25, 0.3) is 16.9 Å². The van der Waals surface area contributed by atoms with E-state index in [2.05, 4.69) is 42.7 Å². The normalized spacial score (nSPS) is 13.3. The summed E-state index contributed by atoms with van der Waals surface area (Å²) in [6.45, 7) is 5.18. The highest BCUT2D eigenvalue weighted by Crippen LogP contribution is 2.28. The van der Waals surface area contributed by atoms with Gasteiger partial charge in [0, 0.05) is 25.0 Å². The number of ether oxygens (including phenoxy) is 1. The average molecular weight is 405 g/mol. The Kier molecular flexibility index (Phi) is 4.57. The second kappa shape index (κ2) is 7.39. The van der Waals surface area contributed by atoms with Gasteiger partial charge in [0.15, 0.2) is 11.6 Å². The molecule has 4 aromatic rings. The van der Waals surface area contributed by atoms with Gasteiger partial charge in [0.1, 0.15) is 5.65 Å². The second-order valence-electron chi connectivity index (χ2n) is 7.53. The molecule has 4 aromatic heterocycles. The summed E-state index contributed by atoms with van der Waals surface area (Å²) in [5.41, 5.74) is 10.9. The van der Waals surface area contributed by atoms with Gasteiger partial charge in [-0.15, -0.1) is 5.53 Å². The minimum atomic E-state index is 0.169. The lowest BCUT2D eigenvalue weighted by Gasteiger charge is -2.17. The van der Waals surface area contributed by atoms with E-state index in [1.54, 1.807) is 17.1 Å². The third-order valence-corrected chi connectivity index (χ3v) is 4.87. The third-order valence-electron chi connectivity index (χ3n) is 4.87. The first-order valence-electron chi connectivity index (χ1n) is 9.78. The molecule has 0 unspecified atom stereocenters. The van der Waals surface area contributed by atoms with Gasteiger partial charge in [-0.05, 0) is 25.5 Å². The summed E-state index contributed by atoms with van der Waals surface area (Å²) in [7, 11) is 1.88. The summed E-state index contributed by atoms with van der Waals surface area (Å²) in [6, 6.07) is 4.07. The smallest absolute Gasteiger partial charge is 0.190 e. The van der Waals surface area contributed by atoms with Gasteiger partial charge < -0.3 is 9.14 Å². The molecule has 10 heteroatoms. The number of imidazole rings is 1. The number of hydrogen-bond acceptors (Lipinski definition) is 8. The number of fused-ring (bicyclic) bond motifs is 2. The van der Waals surface area contributed by atoms with Crippen LogP contribution >= 0.6 is 0 Å². The van der Waals surface area contributed by atoms with Crippen molar-refractivity contribution in [3.63, 3.8) is 0 Å². The van der Waals surface area contributed by atoms with E-state index in [4.69, 9.17) is 9.72 Å². The number of pyridine rings is 1. The molecule has 1 aliphatic rings. The monoisotopic (exact) mass is 405 g/mol. The molecular weight excluding hydrogens is 382 g/mol. The molecule has 0 spiro atoms. The summed E-state index contributed by atoms with van der Waals surface area (Å²) in [4.78, 5) is 13.7. The van der Waals surface area contributed by atoms with Gasteiger partial charge in [-0.3, -0.25) is 15.1 Å². The SMILES string of the molecule is CC(C)OCc1cnc2ccc(CN3NNc4ncc(-c5cnn(C)c5)nc43)cn12. The lowest BCUT2D eigenvalue weighted by Crippen LogP contribution is -2.35. The number of nitrogens with zero attached hydrogens (tertiary/aromatic N) is 7. The molecule has 2 N–H and O–H groups in total. The second-order valence-corrected chi connectivity index (χ2v) is 7.53. The lowest BCUT2D eigenvalue weighted by atomic mass is 10.2. The Morgan fingerprint density at radius 1 is 1.10 bits per heavy atom. The molecule has 10 nitrogen and oxygen atoms in total. The van der Waals surface area contributed by atoms with Gasteiger partial charge in [0.05, 0.1) is 49.2 Å². The summed E-state index contributed by atoms with van der Waals surface area (Å²) in [5, 5.41) is 6.15. The molecule has 0 saturated carbocycles. The van der Waals surface area contributed by atoms with E-state index in [1.165, 1.54) is 0 Å². The van der Waals surface area contributed by atoms with Crippen LogP contribution in [0.2, 0.25) is 0 Å². The maximum atomic E-state index is 5.75. The molecule has 5 heterocycles. The van der Waals surface area contributed by atoms with Crippen LogP contribution in [0.5, 0.6) is 0 Å². The van der Waals surface area contributed by atoms with Crippen LogP contribution in [0.15, 0.2) is 43.1 Å². The van der Waals surface area contributed by atoms with Crippen LogP contribution in [-0.4, -0.2) is 35.2 Å². The highest BCUT2D eigenvalue weighted by atomic mass is 16.5. The number of anilines is 2. The molecule has 0 aliphatic carbocycles. The molecular formula is C20H23N9O. The molecule has 0 aromatic carbocycles. The lowest BCUT2D eigenvalue weighted by molar-refractivity contribution is 0.0632. The number of nitrogens with one attached hydrogen (secondary N) is 2. The zero-order valence-electron chi connectivity index (χ0n) is 17.1. The number of hydrogen-bond donors (Lipinski definition) is 2. The van der Waals surface area contributed by atoms with Crippen molar-refractivity contribution < 1.29 is 4.74 Å². The Morgan fingerprint density at radius 2 is 2.00 bits per heavy atom. The van der Waals surface area contributed by atoms with Crippen molar-refractivity contribution in [3.05, 3.63) is 54.4 Å². The maximum absolute atomic E-state index is 5.75. The molecule has 30 heavy (non-hydrogen) atoms. The van der Waals surface area contributed by atoms with E-state index >= 15 is 0 Å². The number of rotatable bonds is 6. The molecule has 0 radical (unpaired) electrons.